The molecule has 2 heterocycles. The molecular weight excluding hydrogens is 789 g/mol. The number of allylic oxidation sites excluding steroid dienone is 6. The minimum Gasteiger partial charge on any atom is -0.461 e. The Bertz CT molecular complexity index is 1570. The van der Waals surface area contributed by atoms with Gasteiger partial charge in [-0.3, -0.25) is 14.4 Å². The number of hydrogen-bond donors (Lipinski definition) is 3. The molecule has 1 saturated carbocycles. The van der Waals surface area contributed by atoms with Gasteiger partial charge in [0.15, 0.2) is 5.78 Å². The third-order valence-electron chi connectivity index (χ3n) is 13.8. The summed E-state index contributed by atoms with van der Waals surface area (Å²) in [6.07, 6.45) is 18.3. The van der Waals surface area contributed by atoms with Crippen LogP contribution in [0.4, 0.5) is 0 Å². The third-order valence-corrected chi connectivity index (χ3v) is 13.8. The fourth-order valence-corrected chi connectivity index (χ4v) is 9.42. The number of nitrogens with zero attached hydrogens (tertiary/aromatic N) is 1. The minimum absolute atomic E-state index is 0.0587. The zero-order chi connectivity index (χ0) is 46.1. The van der Waals surface area contributed by atoms with E-state index in [-0.39, 0.29) is 42.8 Å². The first-order valence-corrected chi connectivity index (χ1v) is 23.5. The third kappa shape index (κ3) is 15.3. The molecule has 1 amide bonds. The molecule has 0 aromatic heterocycles. The summed E-state index contributed by atoms with van der Waals surface area (Å²) in [4.78, 5) is 56.2. The molecule has 12 nitrogen and oxygen atoms in total. The van der Waals surface area contributed by atoms with Crippen LogP contribution in [0.2, 0.25) is 0 Å². The molecule has 2 saturated heterocycles. The molecule has 3 rings (SSSR count). The first kappa shape index (κ1) is 53.3. The summed E-state index contributed by atoms with van der Waals surface area (Å²) in [5, 5.41) is 22.5. The van der Waals surface area contributed by atoms with Crippen molar-refractivity contribution < 1.29 is 48.3 Å². The van der Waals surface area contributed by atoms with Crippen LogP contribution in [0, 0.1) is 35.5 Å². The summed E-state index contributed by atoms with van der Waals surface area (Å²) >= 11 is 0. The van der Waals surface area contributed by atoms with Gasteiger partial charge in [0.1, 0.15) is 24.4 Å². The molecule has 0 radical (unpaired) electrons. The maximum atomic E-state index is 14.1. The molecule has 62 heavy (non-hydrogen) atoms. The number of Topliss-reactive ketones (excluding diaryl/α,β-unsaturated/α-hetero) is 2. The van der Waals surface area contributed by atoms with Crippen molar-refractivity contribution in [3.63, 3.8) is 0 Å². The Morgan fingerprint density at radius 1 is 0.968 bits per heavy atom. The lowest BCUT2D eigenvalue weighted by Crippen LogP contribution is -2.59. The highest BCUT2D eigenvalue weighted by molar-refractivity contribution is 6.39. The molecule has 1 aliphatic carbocycles. The summed E-state index contributed by atoms with van der Waals surface area (Å²) in [7, 11) is 3.18. The highest BCUT2D eigenvalue weighted by Crippen LogP contribution is 2.37. The summed E-state index contributed by atoms with van der Waals surface area (Å²) in [5.74, 6) is -4.95. The van der Waals surface area contributed by atoms with Gasteiger partial charge in [-0.05, 0) is 127 Å². The average molecular weight is 871 g/mol. The van der Waals surface area contributed by atoms with Crippen LogP contribution in [0.3, 0.4) is 0 Å². The van der Waals surface area contributed by atoms with Gasteiger partial charge in [0, 0.05) is 38.6 Å². The first-order chi connectivity index (χ1) is 29.4. The SMILES string of the molecule is CC/C(C)=C/C=C/C=C/[C@@H](C)C[C@@H](C)C(=O)[C@H](OC)[C@H](O)/C(C)=C/[C@@H](N)CC[C@H](OC(=O)C1CCCCN1C(=O)C(=O)[C@]1(O)OCCC[C@H]1C)[C@H](C)C[C@@H]1CC[C@@H](C)[C@H](OC)C1. The van der Waals surface area contributed by atoms with Crippen LogP contribution >= 0.6 is 0 Å². The Labute approximate surface area is 373 Å². The van der Waals surface area contributed by atoms with Crippen molar-refractivity contribution in [2.45, 2.75) is 181 Å². The molecule has 2 aliphatic heterocycles. The summed E-state index contributed by atoms with van der Waals surface area (Å²) in [5.41, 5.74) is 8.50. The van der Waals surface area contributed by atoms with Gasteiger partial charge in [-0.2, -0.15) is 0 Å². The maximum absolute atomic E-state index is 14.1. The van der Waals surface area contributed by atoms with Gasteiger partial charge in [0.05, 0.1) is 12.7 Å². The molecule has 3 fully saturated rings. The minimum atomic E-state index is -2.22. The molecule has 0 aromatic rings. The molecule has 1 unspecified atom stereocenters. The number of rotatable bonds is 23. The number of amides is 1. The average Bonchev–Trinajstić information content (AvgIpc) is 3.25. The first-order valence-electron chi connectivity index (χ1n) is 23.5. The number of hydrogen-bond acceptors (Lipinski definition) is 11. The van der Waals surface area contributed by atoms with Crippen LogP contribution in [0.1, 0.15) is 139 Å². The molecule has 0 spiro atoms. The number of esters is 1. The van der Waals surface area contributed by atoms with E-state index in [4.69, 9.17) is 24.7 Å². The van der Waals surface area contributed by atoms with Crippen molar-refractivity contribution in [3.05, 3.63) is 47.6 Å². The van der Waals surface area contributed by atoms with Crippen LogP contribution in [0.5, 0.6) is 0 Å². The van der Waals surface area contributed by atoms with E-state index in [2.05, 4.69) is 46.8 Å². The van der Waals surface area contributed by atoms with Crippen LogP contribution in [0.25, 0.3) is 0 Å². The van der Waals surface area contributed by atoms with E-state index in [1.807, 2.05) is 25.2 Å². The van der Waals surface area contributed by atoms with Crippen LogP contribution in [-0.2, 0) is 38.1 Å². The number of aliphatic hydroxyl groups excluding tert-OH is 1. The number of ether oxygens (including phenoxy) is 4. The molecular formula is C50H82N2O10. The van der Waals surface area contributed by atoms with Gasteiger partial charge in [-0.25, -0.2) is 4.79 Å². The fraction of sp³-hybridized carbons (Fsp3) is 0.760. The van der Waals surface area contributed by atoms with Gasteiger partial charge in [-0.15, -0.1) is 0 Å². The van der Waals surface area contributed by atoms with E-state index >= 15 is 0 Å². The number of carbonyl (C=O) groups is 4. The van der Waals surface area contributed by atoms with Crippen LogP contribution in [0.15, 0.2) is 47.6 Å². The summed E-state index contributed by atoms with van der Waals surface area (Å²) < 4.78 is 23.2. The lowest BCUT2D eigenvalue weighted by Gasteiger charge is -2.40. The quantitative estimate of drug-likeness (QED) is 0.0400. The highest BCUT2D eigenvalue weighted by Gasteiger charge is 2.51. The Morgan fingerprint density at radius 3 is 2.35 bits per heavy atom. The molecule has 0 aromatic carbocycles. The Kier molecular flexibility index (Phi) is 22.4. The Balaban J connectivity index is 1.73. The van der Waals surface area contributed by atoms with Crippen molar-refractivity contribution in [2.24, 2.45) is 41.2 Å². The monoisotopic (exact) mass is 871 g/mol. The van der Waals surface area contributed by atoms with E-state index in [0.717, 1.165) is 32.1 Å². The molecule has 3 aliphatic rings. The standard InChI is InChI=1S/C50H82N2O10/c1-11-32(2)18-13-12-14-19-33(3)28-36(6)44(53)46(60-10)45(54)37(7)30-40(51)24-25-42(35(5)29-39-23-22-34(4)43(31-39)59-9)62-49(57)41-21-15-16-26-52(41)48(56)47(55)50(58)38(8)20-17-27-61-50/h12-14,18-19,30,33-36,38-43,45-46,54,58H,11,15-17,20-29,31,51H2,1-10H3/b13-12+,19-14+,32-18+,37-30+/t33-,34-,35-,36-,38-,39+,40+,41?,42+,43-,45-,46+,50-/m1/s1. The van der Waals surface area contributed by atoms with Crippen molar-refractivity contribution in [1.82, 2.24) is 4.90 Å². The van der Waals surface area contributed by atoms with Gasteiger partial charge >= 0.3 is 5.97 Å². The zero-order valence-electron chi connectivity index (χ0n) is 39.7. The molecule has 12 heteroatoms. The molecule has 0 bridgehead atoms. The van der Waals surface area contributed by atoms with Crippen LogP contribution < -0.4 is 5.73 Å². The van der Waals surface area contributed by atoms with Crippen LogP contribution in [-0.4, -0.2) is 108 Å². The molecule has 352 valence electrons. The normalized spacial score (nSPS) is 28.9. The summed E-state index contributed by atoms with van der Waals surface area (Å²) in [6.45, 7) is 16.2. The number of ketones is 2. The predicted octanol–water partition coefficient (Wildman–Crippen LogP) is 7.59. The van der Waals surface area contributed by atoms with Crippen molar-refractivity contribution >= 4 is 23.4 Å². The number of methoxy groups -OCH3 is 2. The van der Waals surface area contributed by atoms with E-state index in [1.54, 1.807) is 27.0 Å². The molecule has 13 atom stereocenters. The maximum Gasteiger partial charge on any atom is 0.329 e. The van der Waals surface area contributed by atoms with Crippen molar-refractivity contribution in [1.29, 1.82) is 0 Å². The van der Waals surface area contributed by atoms with Gasteiger partial charge in [0.2, 0.25) is 5.79 Å². The Hall–Kier alpha value is -3.00. The van der Waals surface area contributed by atoms with E-state index < -0.39 is 59.8 Å². The largest absolute Gasteiger partial charge is 0.461 e. The predicted molar refractivity (Wildman–Crippen MR) is 243 cm³/mol. The molecule has 4 N–H and O–H groups in total. The van der Waals surface area contributed by atoms with Crippen molar-refractivity contribution in [2.75, 3.05) is 27.4 Å². The zero-order valence-corrected chi connectivity index (χ0v) is 39.7. The van der Waals surface area contributed by atoms with E-state index in [0.29, 0.717) is 68.8 Å². The lowest BCUT2D eigenvalue weighted by atomic mass is 9.76. The Morgan fingerprint density at radius 2 is 1.69 bits per heavy atom. The summed E-state index contributed by atoms with van der Waals surface area (Å²) in [6, 6.07) is -1.51. The fourth-order valence-electron chi connectivity index (χ4n) is 9.42. The van der Waals surface area contributed by atoms with Gasteiger partial charge in [0.25, 0.3) is 11.7 Å². The van der Waals surface area contributed by atoms with E-state index in [9.17, 15) is 29.4 Å². The second kappa shape index (κ2) is 26.1. The van der Waals surface area contributed by atoms with E-state index in [1.165, 1.54) is 17.6 Å². The lowest BCUT2D eigenvalue weighted by molar-refractivity contribution is -0.241. The number of aliphatic hydroxyl groups is 2. The number of nitrogens with two attached hydrogens (primary N) is 1. The van der Waals surface area contributed by atoms with Gasteiger partial charge in [-0.1, -0.05) is 83.6 Å². The second-order valence-electron chi connectivity index (χ2n) is 19.0. The topological polar surface area (TPSA) is 175 Å². The number of piperidine rings is 1. The number of carbonyl (C=O) groups excluding carboxylic acids is 4. The van der Waals surface area contributed by atoms with Crippen molar-refractivity contribution in [3.8, 4) is 0 Å². The van der Waals surface area contributed by atoms with Gasteiger partial charge < -0.3 is 39.8 Å². The number of likely N-dealkylation sites (tertiary alicyclic amines) is 1. The second-order valence-corrected chi connectivity index (χ2v) is 19.0. The smallest absolute Gasteiger partial charge is 0.329 e. The highest BCUT2D eigenvalue weighted by atomic mass is 16.6.